The van der Waals surface area contributed by atoms with Crippen molar-refractivity contribution in [3.63, 3.8) is 0 Å². The Labute approximate surface area is 204 Å². The van der Waals surface area contributed by atoms with Gasteiger partial charge in [-0.1, -0.05) is 12.2 Å². The summed E-state index contributed by atoms with van der Waals surface area (Å²) < 4.78 is 0. The first-order valence-electron chi connectivity index (χ1n) is 11.5. The first kappa shape index (κ1) is 22.4. The van der Waals surface area contributed by atoms with Gasteiger partial charge in [0.25, 0.3) is 0 Å². The zero-order chi connectivity index (χ0) is 23.5. The molecule has 1 fully saturated rings. The van der Waals surface area contributed by atoms with Gasteiger partial charge >= 0.3 is 0 Å². The molecule has 2 N–H and O–H groups in total. The number of nitrogens with one attached hydrogen (secondary N) is 2. The molecule has 0 aliphatic carbocycles. The maximum atomic E-state index is 9.72. The van der Waals surface area contributed by atoms with Crippen LogP contribution in [0.2, 0.25) is 0 Å². The number of aromatic amines is 1. The Bertz CT molecular complexity index is 1370. The Morgan fingerprint density at radius 1 is 1.18 bits per heavy atom. The molecule has 1 saturated heterocycles. The van der Waals surface area contributed by atoms with Crippen molar-refractivity contribution >= 4 is 45.8 Å². The summed E-state index contributed by atoms with van der Waals surface area (Å²) >= 11 is 1.80. The van der Waals surface area contributed by atoms with Gasteiger partial charge in [0.2, 0.25) is 0 Å². The quantitative estimate of drug-likeness (QED) is 0.393. The van der Waals surface area contributed by atoms with Crippen LogP contribution in [0.3, 0.4) is 0 Å². The van der Waals surface area contributed by atoms with E-state index in [1.165, 1.54) is 15.8 Å². The SMILES string of the molecule is Cc1c(Nc2c(C#N)cncc2/C=C/c2csc(CN3CCN(C)CC3)c2)ccc2[nH]ccc12. The maximum absolute atomic E-state index is 9.72. The number of H-pyrrole nitrogens is 1. The number of thiophene rings is 1. The Morgan fingerprint density at radius 3 is 2.85 bits per heavy atom. The predicted octanol–water partition coefficient (Wildman–Crippen LogP) is 5.47. The van der Waals surface area contributed by atoms with Gasteiger partial charge in [-0.25, -0.2) is 0 Å². The number of fused-ring (bicyclic) bond motifs is 1. The van der Waals surface area contributed by atoms with Crippen LogP contribution in [-0.2, 0) is 6.54 Å². The second-order valence-corrected chi connectivity index (χ2v) is 9.82. The van der Waals surface area contributed by atoms with Gasteiger partial charge < -0.3 is 15.2 Å². The molecular weight excluding hydrogens is 440 g/mol. The van der Waals surface area contributed by atoms with Crippen LogP contribution in [0.15, 0.2) is 48.2 Å². The summed E-state index contributed by atoms with van der Waals surface area (Å²) in [5.74, 6) is 0. The van der Waals surface area contributed by atoms with Gasteiger partial charge in [0, 0.05) is 78.3 Å². The topological polar surface area (TPSA) is 71.0 Å². The highest BCUT2D eigenvalue weighted by Gasteiger charge is 2.15. The normalized spacial score (nSPS) is 15.2. The van der Waals surface area contributed by atoms with E-state index >= 15 is 0 Å². The molecular formula is C27H28N6S. The fourth-order valence-corrected chi connectivity index (χ4v) is 5.26. The van der Waals surface area contributed by atoms with E-state index in [1.807, 2.05) is 18.3 Å². The van der Waals surface area contributed by atoms with Crippen LogP contribution in [0.1, 0.15) is 27.1 Å². The third-order valence-electron chi connectivity index (χ3n) is 6.46. The molecule has 6 nitrogen and oxygen atoms in total. The van der Waals surface area contributed by atoms with Crippen LogP contribution in [0.4, 0.5) is 11.4 Å². The van der Waals surface area contributed by atoms with Crippen molar-refractivity contribution in [3.8, 4) is 6.07 Å². The van der Waals surface area contributed by atoms with Crippen LogP contribution in [-0.4, -0.2) is 53.0 Å². The van der Waals surface area contributed by atoms with Gasteiger partial charge in [-0.05, 0) is 54.7 Å². The third kappa shape index (κ3) is 4.75. The van der Waals surface area contributed by atoms with Crippen LogP contribution in [0.25, 0.3) is 23.1 Å². The first-order valence-corrected chi connectivity index (χ1v) is 12.4. The number of aryl methyl sites for hydroxylation is 1. The van der Waals surface area contributed by atoms with Gasteiger partial charge in [0.15, 0.2) is 0 Å². The van der Waals surface area contributed by atoms with Gasteiger partial charge in [-0.2, -0.15) is 5.26 Å². The number of hydrogen-bond donors (Lipinski definition) is 2. The Morgan fingerprint density at radius 2 is 2.03 bits per heavy atom. The van der Waals surface area contributed by atoms with E-state index < -0.39 is 0 Å². The lowest BCUT2D eigenvalue weighted by atomic mass is 10.1. The fourth-order valence-electron chi connectivity index (χ4n) is 4.36. The number of nitrogens with zero attached hydrogens (tertiary/aromatic N) is 4. The Hall–Kier alpha value is -3.44. The summed E-state index contributed by atoms with van der Waals surface area (Å²) in [6.45, 7) is 7.60. The summed E-state index contributed by atoms with van der Waals surface area (Å²) in [6.07, 6.45) is 9.52. The first-order chi connectivity index (χ1) is 16.6. The van der Waals surface area contributed by atoms with E-state index in [4.69, 9.17) is 0 Å². The molecule has 0 radical (unpaired) electrons. The maximum Gasteiger partial charge on any atom is 0.103 e. The van der Waals surface area contributed by atoms with Crippen molar-refractivity contribution in [3.05, 3.63) is 75.4 Å². The van der Waals surface area contributed by atoms with E-state index in [0.29, 0.717) is 5.56 Å². The molecule has 34 heavy (non-hydrogen) atoms. The van der Waals surface area contributed by atoms with Crippen LogP contribution in [0.5, 0.6) is 0 Å². The second kappa shape index (κ2) is 9.82. The predicted molar refractivity (Wildman–Crippen MR) is 141 cm³/mol. The monoisotopic (exact) mass is 468 g/mol. The van der Waals surface area contributed by atoms with Crippen LogP contribution in [0, 0.1) is 18.3 Å². The summed E-state index contributed by atoms with van der Waals surface area (Å²) in [5.41, 5.74) is 6.58. The van der Waals surface area contributed by atoms with E-state index in [-0.39, 0.29) is 0 Å². The van der Waals surface area contributed by atoms with Crippen molar-refractivity contribution in [2.75, 3.05) is 38.5 Å². The molecule has 4 aromatic rings. The number of pyridine rings is 1. The standard InChI is InChI=1S/C27H28N6S/c1-19-24-7-8-30-26(24)6-5-25(19)31-27-21(15-29-16-22(27)14-28)4-3-20-13-23(34-18-20)17-33-11-9-32(2)10-12-33/h3-8,13,15-16,18,30H,9-12,17H2,1-2H3,(H,29,31)/b4-3+. The van der Waals surface area contributed by atoms with Gasteiger partial charge in [-0.3, -0.25) is 9.88 Å². The number of rotatable bonds is 6. The molecule has 0 amide bonds. The van der Waals surface area contributed by atoms with E-state index in [0.717, 1.165) is 60.7 Å². The fraction of sp³-hybridized carbons (Fsp3) is 0.259. The minimum absolute atomic E-state index is 0.525. The molecule has 0 saturated carbocycles. The van der Waals surface area contributed by atoms with E-state index in [1.54, 1.807) is 23.7 Å². The molecule has 7 heteroatoms. The lowest BCUT2D eigenvalue weighted by Crippen LogP contribution is -2.43. The average molecular weight is 469 g/mol. The highest BCUT2D eigenvalue weighted by Crippen LogP contribution is 2.31. The lowest BCUT2D eigenvalue weighted by Gasteiger charge is -2.31. The molecule has 0 spiro atoms. The molecule has 0 unspecified atom stereocenters. The summed E-state index contributed by atoms with van der Waals surface area (Å²) in [4.78, 5) is 13.8. The zero-order valence-electron chi connectivity index (χ0n) is 19.5. The second-order valence-electron chi connectivity index (χ2n) is 8.82. The highest BCUT2D eigenvalue weighted by atomic mass is 32.1. The number of benzene rings is 1. The number of likely N-dealkylation sites (N-methyl/N-ethyl adjacent to an activating group) is 1. The Kier molecular flexibility index (Phi) is 6.45. The number of nitriles is 1. The van der Waals surface area contributed by atoms with Crippen LogP contribution < -0.4 is 5.32 Å². The van der Waals surface area contributed by atoms with Crippen molar-refractivity contribution in [1.82, 2.24) is 19.8 Å². The number of piperazine rings is 1. The molecule has 1 aromatic carbocycles. The zero-order valence-corrected chi connectivity index (χ0v) is 20.3. The van der Waals surface area contributed by atoms with Crippen molar-refractivity contribution in [2.45, 2.75) is 13.5 Å². The Balaban J connectivity index is 1.37. The molecule has 172 valence electrons. The summed E-state index contributed by atoms with van der Waals surface area (Å²) in [7, 11) is 2.19. The number of aromatic nitrogens is 2. The highest BCUT2D eigenvalue weighted by molar-refractivity contribution is 7.10. The minimum atomic E-state index is 0.525. The largest absolute Gasteiger partial charge is 0.361 e. The van der Waals surface area contributed by atoms with Crippen molar-refractivity contribution in [1.29, 1.82) is 5.26 Å². The summed E-state index contributed by atoms with van der Waals surface area (Å²) in [5, 5.41) is 16.6. The van der Waals surface area contributed by atoms with Crippen molar-refractivity contribution < 1.29 is 0 Å². The lowest BCUT2D eigenvalue weighted by molar-refractivity contribution is 0.149. The smallest absolute Gasteiger partial charge is 0.103 e. The third-order valence-corrected chi connectivity index (χ3v) is 7.40. The molecule has 5 rings (SSSR count). The number of hydrogen-bond acceptors (Lipinski definition) is 6. The molecule has 1 aliphatic rings. The van der Waals surface area contributed by atoms with Gasteiger partial charge in [0.1, 0.15) is 6.07 Å². The molecule has 0 atom stereocenters. The summed E-state index contributed by atoms with van der Waals surface area (Å²) in [6, 6.07) is 10.7. The molecule has 3 aromatic heterocycles. The van der Waals surface area contributed by atoms with Crippen LogP contribution >= 0.6 is 11.3 Å². The van der Waals surface area contributed by atoms with Crippen molar-refractivity contribution in [2.24, 2.45) is 0 Å². The van der Waals surface area contributed by atoms with E-state index in [9.17, 15) is 5.26 Å². The minimum Gasteiger partial charge on any atom is -0.361 e. The van der Waals surface area contributed by atoms with E-state index in [2.05, 4.69) is 74.8 Å². The molecule has 0 bridgehead atoms. The average Bonchev–Trinajstić information content (AvgIpc) is 3.51. The number of anilines is 2. The van der Waals surface area contributed by atoms with Gasteiger partial charge in [0.05, 0.1) is 11.3 Å². The van der Waals surface area contributed by atoms with Gasteiger partial charge in [-0.15, -0.1) is 11.3 Å². The molecule has 1 aliphatic heterocycles. The molecule has 4 heterocycles.